The summed E-state index contributed by atoms with van der Waals surface area (Å²) in [6.07, 6.45) is 3.49. The van der Waals surface area contributed by atoms with Gasteiger partial charge >= 0.3 is 0 Å². The summed E-state index contributed by atoms with van der Waals surface area (Å²) in [7, 11) is -3.08. The molecular formula is C27H33N3O3S2. The van der Waals surface area contributed by atoms with E-state index in [4.69, 9.17) is 0 Å². The maximum absolute atomic E-state index is 12.4. The number of amidine groups is 1. The molecule has 0 radical (unpaired) electrons. The largest absolute Gasteiger partial charge is 0.372 e. The third-order valence-electron chi connectivity index (χ3n) is 7.24. The highest BCUT2D eigenvalue weighted by Crippen LogP contribution is 2.41. The Kier molecular flexibility index (Phi) is 6.95. The fourth-order valence-corrected chi connectivity index (χ4v) is 9.18. The van der Waals surface area contributed by atoms with Gasteiger partial charge in [0.1, 0.15) is 0 Å². The average molecular weight is 512 g/mol. The number of thioether (sulfide) groups is 1. The van der Waals surface area contributed by atoms with Gasteiger partial charge in [-0.2, -0.15) is 4.99 Å². The second kappa shape index (κ2) is 9.97. The summed E-state index contributed by atoms with van der Waals surface area (Å²) in [6.45, 7) is 5.74. The van der Waals surface area contributed by atoms with Crippen molar-refractivity contribution in [2.75, 3.05) is 34.4 Å². The van der Waals surface area contributed by atoms with Gasteiger partial charge in [-0.1, -0.05) is 55.9 Å². The van der Waals surface area contributed by atoms with E-state index < -0.39 is 9.84 Å². The number of anilines is 2. The van der Waals surface area contributed by atoms with Crippen LogP contribution in [0.2, 0.25) is 0 Å². The van der Waals surface area contributed by atoms with Gasteiger partial charge in [0.05, 0.1) is 17.5 Å². The Bertz CT molecular complexity index is 1190. The van der Waals surface area contributed by atoms with Crippen LogP contribution in [0, 0.1) is 11.8 Å². The maximum Gasteiger partial charge on any atom is 0.250 e. The molecule has 3 heterocycles. The van der Waals surface area contributed by atoms with Gasteiger partial charge in [-0.15, -0.1) is 0 Å². The minimum atomic E-state index is -3.08. The number of fused-ring (bicyclic) bond motifs is 1. The van der Waals surface area contributed by atoms with Crippen LogP contribution in [0.4, 0.5) is 11.4 Å². The van der Waals surface area contributed by atoms with Crippen LogP contribution in [0.1, 0.15) is 32.3 Å². The molecule has 0 bridgehead atoms. The molecule has 0 N–H and O–H groups in total. The zero-order valence-corrected chi connectivity index (χ0v) is 22.0. The number of amides is 1. The van der Waals surface area contributed by atoms with E-state index in [1.165, 1.54) is 35.9 Å². The summed E-state index contributed by atoms with van der Waals surface area (Å²) in [5.74, 6) is 0.602. The molecule has 6 nitrogen and oxygen atoms in total. The summed E-state index contributed by atoms with van der Waals surface area (Å²) in [5, 5.41) is 0.546. The van der Waals surface area contributed by atoms with E-state index in [1.807, 2.05) is 18.7 Å². The summed E-state index contributed by atoms with van der Waals surface area (Å²) in [6, 6.07) is 18.9. The number of carbonyl (C=O) groups is 1. The number of hydrogen-bond acceptors (Lipinski definition) is 5. The highest BCUT2D eigenvalue weighted by molar-refractivity contribution is 8.16. The predicted octanol–water partition coefficient (Wildman–Crippen LogP) is 4.40. The molecule has 35 heavy (non-hydrogen) atoms. The van der Waals surface area contributed by atoms with E-state index in [2.05, 4.69) is 64.5 Å². The Labute approximate surface area is 212 Å². The smallest absolute Gasteiger partial charge is 0.250 e. The van der Waals surface area contributed by atoms with Crippen molar-refractivity contribution >= 4 is 44.0 Å². The van der Waals surface area contributed by atoms with Crippen molar-refractivity contribution in [2.45, 2.75) is 44.4 Å². The quantitative estimate of drug-likeness (QED) is 0.593. The van der Waals surface area contributed by atoms with Gasteiger partial charge in [-0.25, -0.2) is 8.42 Å². The first-order valence-corrected chi connectivity index (χ1v) is 15.2. The first-order chi connectivity index (χ1) is 16.8. The van der Waals surface area contributed by atoms with Crippen LogP contribution in [0.5, 0.6) is 0 Å². The molecule has 3 fully saturated rings. The van der Waals surface area contributed by atoms with Crippen molar-refractivity contribution in [3.63, 3.8) is 0 Å². The van der Waals surface area contributed by atoms with Gasteiger partial charge in [-0.05, 0) is 55.0 Å². The van der Waals surface area contributed by atoms with Crippen LogP contribution in [0.25, 0.3) is 0 Å². The van der Waals surface area contributed by atoms with E-state index in [1.54, 1.807) is 0 Å². The lowest BCUT2D eigenvalue weighted by molar-refractivity contribution is -0.120. The summed E-state index contributed by atoms with van der Waals surface area (Å²) in [4.78, 5) is 21.2. The van der Waals surface area contributed by atoms with Crippen LogP contribution < -0.4 is 9.80 Å². The molecule has 0 aromatic heterocycles. The van der Waals surface area contributed by atoms with E-state index in [0.29, 0.717) is 11.1 Å². The highest BCUT2D eigenvalue weighted by Gasteiger charge is 2.49. The predicted molar refractivity (Wildman–Crippen MR) is 145 cm³/mol. The van der Waals surface area contributed by atoms with E-state index in [-0.39, 0.29) is 34.6 Å². The SMILES string of the molecule is CC(C)C(=O)N=C1S[C@H]2CS(=O)(=O)C[C@@H]2N1c1ccc(N2CCC(Cc3ccccc3)CC2)cc1. The normalized spacial score (nSPS) is 25.4. The molecule has 5 rings (SSSR count). The van der Waals surface area contributed by atoms with E-state index in [0.717, 1.165) is 25.2 Å². The fourth-order valence-electron chi connectivity index (χ4n) is 5.26. The van der Waals surface area contributed by atoms with E-state index in [9.17, 15) is 13.2 Å². The number of benzene rings is 2. The lowest BCUT2D eigenvalue weighted by atomic mass is 9.90. The van der Waals surface area contributed by atoms with Crippen molar-refractivity contribution in [3.05, 3.63) is 60.2 Å². The van der Waals surface area contributed by atoms with Crippen LogP contribution in [-0.4, -0.2) is 55.4 Å². The fraction of sp³-hybridized carbons (Fsp3) is 0.481. The Morgan fingerprint density at radius 1 is 1.00 bits per heavy atom. The van der Waals surface area contributed by atoms with Gasteiger partial charge in [-0.3, -0.25) is 4.79 Å². The lowest BCUT2D eigenvalue weighted by Crippen LogP contribution is -2.38. The molecule has 8 heteroatoms. The number of hydrogen-bond donors (Lipinski definition) is 0. The molecule has 1 amide bonds. The summed E-state index contributed by atoms with van der Waals surface area (Å²) in [5.41, 5.74) is 3.51. The number of nitrogens with zero attached hydrogens (tertiary/aromatic N) is 3. The Morgan fingerprint density at radius 3 is 2.31 bits per heavy atom. The topological polar surface area (TPSA) is 70.0 Å². The Morgan fingerprint density at radius 2 is 1.66 bits per heavy atom. The average Bonchev–Trinajstić information content (AvgIpc) is 3.31. The van der Waals surface area contributed by atoms with Crippen LogP contribution in [0.15, 0.2) is 59.6 Å². The van der Waals surface area contributed by atoms with Crippen molar-refractivity contribution in [1.82, 2.24) is 0 Å². The molecule has 2 aromatic rings. The van der Waals surface area contributed by atoms with Crippen molar-refractivity contribution < 1.29 is 13.2 Å². The molecular weight excluding hydrogens is 478 g/mol. The number of carbonyl (C=O) groups excluding carboxylic acids is 1. The lowest BCUT2D eigenvalue weighted by Gasteiger charge is -2.34. The third kappa shape index (κ3) is 5.43. The van der Waals surface area contributed by atoms with Crippen molar-refractivity contribution in [2.24, 2.45) is 16.8 Å². The van der Waals surface area contributed by atoms with Crippen LogP contribution in [0.3, 0.4) is 0 Å². The second-order valence-electron chi connectivity index (χ2n) is 10.2. The molecule has 2 aromatic carbocycles. The number of rotatable bonds is 5. The van der Waals surface area contributed by atoms with Crippen LogP contribution in [-0.2, 0) is 21.1 Å². The van der Waals surface area contributed by atoms with E-state index >= 15 is 0 Å². The van der Waals surface area contributed by atoms with Gasteiger partial charge in [0, 0.05) is 35.6 Å². The molecule has 186 valence electrons. The minimum Gasteiger partial charge on any atom is -0.372 e. The second-order valence-corrected chi connectivity index (χ2v) is 13.6. The van der Waals surface area contributed by atoms with Crippen LogP contribution >= 0.6 is 11.8 Å². The van der Waals surface area contributed by atoms with Gasteiger partial charge in [0.15, 0.2) is 15.0 Å². The van der Waals surface area contributed by atoms with Crippen molar-refractivity contribution in [3.8, 4) is 0 Å². The number of piperidine rings is 1. The third-order valence-corrected chi connectivity index (χ3v) is 10.5. The Hall–Kier alpha value is -2.32. The first-order valence-electron chi connectivity index (χ1n) is 12.5. The Balaban J connectivity index is 1.29. The maximum atomic E-state index is 12.4. The summed E-state index contributed by atoms with van der Waals surface area (Å²) >= 11 is 1.43. The van der Waals surface area contributed by atoms with Gasteiger partial charge in [0.2, 0.25) is 0 Å². The molecule has 3 aliphatic heterocycles. The zero-order chi connectivity index (χ0) is 24.6. The summed E-state index contributed by atoms with van der Waals surface area (Å²) < 4.78 is 24.6. The number of aliphatic imine (C=N–C) groups is 1. The van der Waals surface area contributed by atoms with Gasteiger partial charge in [0.25, 0.3) is 5.91 Å². The molecule has 2 atom stereocenters. The molecule has 0 spiro atoms. The highest BCUT2D eigenvalue weighted by atomic mass is 32.2. The van der Waals surface area contributed by atoms with Crippen molar-refractivity contribution in [1.29, 1.82) is 0 Å². The minimum absolute atomic E-state index is 0.0815. The zero-order valence-electron chi connectivity index (χ0n) is 20.3. The molecule has 0 saturated carbocycles. The monoisotopic (exact) mass is 511 g/mol. The standard InChI is InChI=1S/C27H33N3O3S2/c1-19(2)26(31)28-27-30(24-17-35(32,33)18-25(24)34-27)23-10-8-22(9-11-23)29-14-12-21(13-15-29)16-20-6-4-3-5-7-20/h3-11,19,21,24-25H,12-18H2,1-2H3/t24-,25-/m0/s1. The van der Waals surface area contributed by atoms with Gasteiger partial charge < -0.3 is 9.80 Å². The number of sulfone groups is 1. The first kappa shape index (κ1) is 24.4. The molecule has 3 saturated heterocycles. The molecule has 0 unspecified atom stereocenters. The molecule has 3 aliphatic rings. The molecule has 0 aliphatic carbocycles.